The summed E-state index contributed by atoms with van der Waals surface area (Å²) in [6.45, 7) is 4.47. The first-order valence-electron chi connectivity index (χ1n) is 20.3. The Labute approximate surface area is 339 Å². The maximum atomic E-state index is 6.91. The van der Waals surface area contributed by atoms with Crippen LogP contribution >= 0.6 is 0 Å². The van der Waals surface area contributed by atoms with Crippen molar-refractivity contribution >= 4 is 49.8 Å². The number of fused-ring (bicyclic) bond motifs is 8. The number of nitrogens with zero attached hydrogens (tertiary/aromatic N) is 1. The summed E-state index contributed by atoms with van der Waals surface area (Å²) in [6.07, 6.45) is 0. The molecule has 0 amide bonds. The predicted molar refractivity (Wildman–Crippen MR) is 243 cm³/mol. The van der Waals surface area contributed by atoms with Gasteiger partial charge < -0.3 is 9.32 Å². The molecule has 1 atom stereocenters. The highest BCUT2D eigenvalue weighted by atomic mass is 16.3. The van der Waals surface area contributed by atoms with Crippen molar-refractivity contribution in [2.24, 2.45) is 0 Å². The van der Waals surface area contributed by atoms with E-state index in [1.807, 2.05) is 0 Å². The van der Waals surface area contributed by atoms with Gasteiger partial charge in [0.15, 0.2) is 0 Å². The molecule has 1 aliphatic carbocycles. The van der Waals surface area contributed by atoms with Crippen molar-refractivity contribution in [2.75, 3.05) is 4.90 Å². The Morgan fingerprint density at radius 3 is 1.81 bits per heavy atom. The standard InChI is InChI=1S/C56H41NO/c1-37(2)40-25-32-48-49-33-34-52-54(55(49)58-53(48)36-40)50-19-11-12-20-51(50)56(52,43-15-5-3-6-16-43)44-26-30-47(31-27-44)57(45-17-7-4-8-18-45)46-28-23-39(24-29-46)42-22-21-38-13-9-10-14-41(38)35-42/h3-37H,1-2H3. The largest absolute Gasteiger partial charge is 0.455 e. The number of para-hydroxylation sites is 1. The summed E-state index contributed by atoms with van der Waals surface area (Å²) in [5.74, 6) is 0.422. The summed E-state index contributed by atoms with van der Waals surface area (Å²) in [5, 5.41) is 4.82. The van der Waals surface area contributed by atoms with Gasteiger partial charge >= 0.3 is 0 Å². The third-order valence-corrected chi connectivity index (χ3v) is 12.3. The molecule has 0 N–H and O–H groups in total. The van der Waals surface area contributed by atoms with Crippen LogP contribution in [0.5, 0.6) is 0 Å². The zero-order valence-corrected chi connectivity index (χ0v) is 32.6. The maximum absolute atomic E-state index is 6.91. The Balaban J connectivity index is 1.06. The molecule has 0 radical (unpaired) electrons. The average Bonchev–Trinajstić information content (AvgIpc) is 3.81. The minimum Gasteiger partial charge on any atom is -0.455 e. The van der Waals surface area contributed by atoms with Crippen LogP contribution < -0.4 is 4.90 Å². The van der Waals surface area contributed by atoms with Crippen molar-refractivity contribution in [3.8, 4) is 22.3 Å². The van der Waals surface area contributed by atoms with Gasteiger partial charge in [0, 0.05) is 33.4 Å². The quantitative estimate of drug-likeness (QED) is 0.162. The molecule has 0 aliphatic heterocycles. The van der Waals surface area contributed by atoms with E-state index in [0.717, 1.165) is 39.0 Å². The van der Waals surface area contributed by atoms with Crippen molar-refractivity contribution < 1.29 is 4.42 Å². The van der Waals surface area contributed by atoms with Gasteiger partial charge in [0.25, 0.3) is 0 Å². The van der Waals surface area contributed by atoms with Crippen molar-refractivity contribution in [2.45, 2.75) is 25.2 Å². The summed E-state index contributed by atoms with van der Waals surface area (Å²) < 4.78 is 6.91. The lowest BCUT2D eigenvalue weighted by molar-refractivity contribution is 0.667. The molecule has 0 bridgehead atoms. The van der Waals surface area contributed by atoms with Gasteiger partial charge in [-0.2, -0.15) is 0 Å². The lowest BCUT2D eigenvalue weighted by Gasteiger charge is -2.34. The van der Waals surface area contributed by atoms with E-state index in [9.17, 15) is 0 Å². The van der Waals surface area contributed by atoms with Crippen LogP contribution in [0.2, 0.25) is 0 Å². The second-order valence-corrected chi connectivity index (χ2v) is 15.9. The SMILES string of the molecule is CC(C)c1ccc2c(c1)oc1c3c(ccc12)C(c1ccccc1)(c1ccc(N(c2ccccc2)c2ccc(-c4ccc5ccccc5c4)cc2)cc1)c1ccccc1-3. The minimum atomic E-state index is -0.555. The number of hydrogen-bond donors (Lipinski definition) is 0. The highest BCUT2D eigenvalue weighted by Gasteiger charge is 2.47. The fraction of sp³-hybridized carbons (Fsp3) is 0.0714. The van der Waals surface area contributed by atoms with Gasteiger partial charge in [-0.05, 0) is 110 Å². The van der Waals surface area contributed by atoms with Gasteiger partial charge in [-0.15, -0.1) is 0 Å². The van der Waals surface area contributed by atoms with Crippen LogP contribution in [0.1, 0.15) is 47.6 Å². The smallest absolute Gasteiger partial charge is 0.143 e. The first-order valence-corrected chi connectivity index (χ1v) is 20.3. The zero-order chi connectivity index (χ0) is 38.8. The van der Waals surface area contributed by atoms with E-state index >= 15 is 0 Å². The Bertz CT molecular complexity index is 3120. The van der Waals surface area contributed by atoms with Gasteiger partial charge in [0.2, 0.25) is 0 Å². The molecular formula is C56H41NO. The number of furan rings is 1. The number of anilines is 3. The molecule has 58 heavy (non-hydrogen) atoms. The number of benzene rings is 9. The lowest BCUT2D eigenvalue weighted by atomic mass is 9.67. The molecule has 276 valence electrons. The van der Waals surface area contributed by atoms with Gasteiger partial charge in [0.05, 0.1) is 5.41 Å². The Morgan fingerprint density at radius 1 is 0.448 bits per heavy atom. The molecule has 1 unspecified atom stereocenters. The fourth-order valence-electron chi connectivity index (χ4n) is 9.50. The van der Waals surface area contributed by atoms with Crippen LogP contribution in [0.3, 0.4) is 0 Å². The Morgan fingerprint density at radius 2 is 1.05 bits per heavy atom. The van der Waals surface area contributed by atoms with Gasteiger partial charge in [0.1, 0.15) is 11.2 Å². The molecule has 0 saturated heterocycles. The van der Waals surface area contributed by atoms with Crippen LogP contribution in [0.4, 0.5) is 17.1 Å². The molecule has 1 heterocycles. The first-order chi connectivity index (χ1) is 28.6. The molecule has 1 aliphatic rings. The number of rotatable bonds is 7. The summed E-state index contributed by atoms with van der Waals surface area (Å²) in [5.41, 5.74) is 15.7. The molecule has 2 nitrogen and oxygen atoms in total. The normalized spacial score (nSPS) is 14.6. The summed E-state index contributed by atoms with van der Waals surface area (Å²) in [4.78, 5) is 2.35. The third kappa shape index (κ3) is 5.26. The van der Waals surface area contributed by atoms with E-state index in [1.54, 1.807) is 0 Å². The topological polar surface area (TPSA) is 16.4 Å². The molecule has 0 saturated carbocycles. The van der Waals surface area contributed by atoms with Crippen molar-refractivity contribution in [3.63, 3.8) is 0 Å². The van der Waals surface area contributed by atoms with Crippen LogP contribution in [0, 0.1) is 0 Å². The molecule has 11 rings (SSSR count). The van der Waals surface area contributed by atoms with Crippen LogP contribution in [0.25, 0.3) is 55.0 Å². The van der Waals surface area contributed by atoms with Crippen molar-refractivity contribution in [1.29, 1.82) is 0 Å². The lowest BCUT2D eigenvalue weighted by Crippen LogP contribution is -2.28. The summed E-state index contributed by atoms with van der Waals surface area (Å²) >= 11 is 0. The third-order valence-electron chi connectivity index (χ3n) is 12.3. The van der Waals surface area contributed by atoms with Gasteiger partial charge in [-0.1, -0.05) is 172 Å². The number of hydrogen-bond acceptors (Lipinski definition) is 2. The molecule has 10 aromatic rings. The average molecular weight is 744 g/mol. The molecule has 0 spiro atoms. The molecule has 0 fully saturated rings. The van der Waals surface area contributed by atoms with E-state index in [1.165, 1.54) is 60.8 Å². The first kappa shape index (κ1) is 34.1. The summed E-state index contributed by atoms with van der Waals surface area (Å²) in [6, 6.07) is 75.4. The molecular weight excluding hydrogens is 703 g/mol. The second kappa shape index (κ2) is 13.5. The van der Waals surface area contributed by atoms with Crippen molar-refractivity contribution in [1.82, 2.24) is 0 Å². The van der Waals surface area contributed by atoms with Gasteiger partial charge in [-0.25, -0.2) is 0 Å². The molecule has 1 aromatic heterocycles. The highest BCUT2D eigenvalue weighted by molar-refractivity contribution is 6.12. The van der Waals surface area contributed by atoms with E-state index in [0.29, 0.717) is 5.92 Å². The van der Waals surface area contributed by atoms with Gasteiger partial charge in [-0.3, -0.25) is 0 Å². The van der Waals surface area contributed by atoms with Crippen molar-refractivity contribution in [3.05, 3.63) is 234 Å². The predicted octanol–water partition coefficient (Wildman–Crippen LogP) is 15.4. The zero-order valence-electron chi connectivity index (χ0n) is 32.6. The maximum Gasteiger partial charge on any atom is 0.143 e. The fourth-order valence-corrected chi connectivity index (χ4v) is 9.50. The van der Waals surface area contributed by atoms with Crippen LogP contribution in [-0.4, -0.2) is 0 Å². The van der Waals surface area contributed by atoms with Crippen LogP contribution in [0.15, 0.2) is 211 Å². The van der Waals surface area contributed by atoms with E-state index < -0.39 is 5.41 Å². The Kier molecular flexibility index (Phi) is 7.94. The summed E-state index contributed by atoms with van der Waals surface area (Å²) in [7, 11) is 0. The monoisotopic (exact) mass is 743 g/mol. The minimum absolute atomic E-state index is 0.422. The van der Waals surface area contributed by atoms with E-state index in [2.05, 4.69) is 225 Å². The molecule has 9 aromatic carbocycles. The van der Waals surface area contributed by atoms with E-state index in [-0.39, 0.29) is 0 Å². The second-order valence-electron chi connectivity index (χ2n) is 15.9. The van der Waals surface area contributed by atoms with Crippen LogP contribution in [-0.2, 0) is 5.41 Å². The molecule has 2 heteroatoms. The Hall–Kier alpha value is -7.16. The highest BCUT2D eigenvalue weighted by Crippen LogP contribution is 2.58. The van der Waals surface area contributed by atoms with E-state index in [4.69, 9.17) is 4.42 Å².